The van der Waals surface area contributed by atoms with Crippen molar-refractivity contribution in [2.45, 2.75) is 19.8 Å². The van der Waals surface area contributed by atoms with Crippen LogP contribution in [0.15, 0.2) is 54.0 Å². The van der Waals surface area contributed by atoms with Crippen molar-refractivity contribution >= 4 is 39.7 Å². The molecule has 1 aromatic carbocycles. The molecule has 7 nitrogen and oxygen atoms in total. The monoisotopic (exact) mass is 450 g/mol. The number of carbonyl (C=O) groups excluding carboxylic acids is 2. The molecule has 2 amide bonds. The van der Waals surface area contributed by atoms with Gasteiger partial charge >= 0.3 is 0 Å². The molecule has 0 radical (unpaired) electrons. The van der Waals surface area contributed by atoms with Crippen LogP contribution in [0.3, 0.4) is 0 Å². The van der Waals surface area contributed by atoms with Gasteiger partial charge in [-0.1, -0.05) is 26.0 Å². The van der Waals surface area contributed by atoms with Crippen molar-refractivity contribution in [3.05, 3.63) is 70.7 Å². The van der Waals surface area contributed by atoms with Crippen LogP contribution >= 0.6 is 11.3 Å². The van der Waals surface area contributed by atoms with E-state index in [0.29, 0.717) is 40.9 Å². The number of benzene rings is 1. The third kappa shape index (κ3) is 5.15. The molecule has 32 heavy (non-hydrogen) atoms. The van der Waals surface area contributed by atoms with Crippen molar-refractivity contribution in [3.63, 3.8) is 0 Å². The molecular formula is C24H26N4O3S. The summed E-state index contributed by atoms with van der Waals surface area (Å²) in [6.45, 7) is 7.20. The Balaban J connectivity index is 1.40. The largest absolute Gasteiger partial charge is 0.378 e. The zero-order valence-electron chi connectivity index (χ0n) is 18.1. The van der Waals surface area contributed by atoms with E-state index in [2.05, 4.69) is 34.4 Å². The number of amides is 2. The summed E-state index contributed by atoms with van der Waals surface area (Å²) in [5.41, 5.74) is 2.74. The summed E-state index contributed by atoms with van der Waals surface area (Å²) in [6, 6.07) is 12.9. The average Bonchev–Trinajstić information content (AvgIpc) is 3.28. The first-order chi connectivity index (χ1) is 15.5. The third-order valence-electron chi connectivity index (χ3n) is 5.32. The number of rotatable bonds is 6. The van der Waals surface area contributed by atoms with Gasteiger partial charge in [-0.05, 0) is 47.2 Å². The Hall–Kier alpha value is -3.23. The topological polar surface area (TPSA) is 83.6 Å². The highest BCUT2D eigenvalue weighted by Gasteiger charge is 2.17. The van der Waals surface area contributed by atoms with Gasteiger partial charge in [0.2, 0.25) is 0 Å². The minimum atomic E-state index is -0.294. The first-order valence-electron chi connectivity index (χ1n) is 10.6. The molecule has 0 unspecified atom stereocenters. The molecule has 166 valence electrons. The summed E-state index contributed by atoms with van der Waals surface area (Å²) in [6.07, 6.45) is 1.64. The summed E-state index contributed by atoms with van der Waals surface area (Å²) in [5.74, 6) is 0.723. The summed E-state index contributed by atoms with van der Waals surface area (Å²) in [7, 11) is 0. The standard InChI is InChI=1S/C24H26N4O3S/c1-16(2)17-3-5-18(6-4-17)22(29)27-24-20(9-14-32-24)23(30)26-19-7-8-21(25-15-19)28-10-12-31-13-11-28/h3-9,14-16H,10-13H2,1-2H3,(H,26,30)(H,27,29). The molecule has 4 rings (SSSR count). The predicted molar refractivity (Wildman–Crippen MR) is 128 cm³/mol. The van der Waals surface area contributed by atoms with E-state index in [1.807, 2.05) is 24.3 Å². The van der Waals surface area contributed by atoms with E-state index in [0.717, 1.165) is 18.9 Å². The lowest BCUT2D eigenvalue weighted by Crippen LogP contribution is -2.36. The molecule has 0 spiro atoms. The number of carbonyl (C=O) groups is 2. The first-order valence-corrected chi connectivity index (χ1v) is 11.5. The van der Waals surface area contributed by atoms with E-state index in [4.69, 9.17) is 4.74 Å². The van der Waals surface area contributed by atoms with Crippen LogP contribution in [0.5, 0.6) is 0 Å². The van der Waals surface area contributed by atoms with Gasteiger partial charge in [-0.2, -0.15) is 0 Å². The third-order valence-corrected chi connectivity index (χ3v) is 6.15. The summed E-state index contributed by atoms with van der Waals surface area (Å²) in [4.78, 5) is 32.1. The number of pyridine rings is 1. The van der Waals surface area contributed by atoms with Crippen molar-refractivity contribution in [1.29, 1.82) is 0 Å². The average molecular weight is 451 g/mol. The molecule has 8 heteroatoms. The highest BCUT2D eigenvalue weighted by Crippen LogP contribution is 2.26. The Labute approximate surface area is 191 Å². The van der Waals surface area contributed by atoms with Gasteiger partial charge in [0.15, 0.2) is 0 Å². The minimum absolute atomic E-state index is 0.242. The Morgan fingerprint density at radius 1 is 1.00 bits per heavy atom. The summed E-state index contributed by atoms with van der Waals surface area (Å²) in [5, 5.41) is 8.01. The number of morpholine rings is 1. The molecule has 0 saturated carbocycles. The second-order valence-corrected chi connectivity index (χ2v) is 8.77. The van der Waals surface area contributed by atoms with Crippen molar-refractivity contribution in [3.8, 4) is 0 Å². The molecule has 1 aliphatic rings. The Morgan fingerprint density at radius 2 is 1.75 bits per heavy atom. The Bertz CT molecular complexity index is 1070. The normalized spacial score (nSPS) is 13.8. The van der Waals surface area contributed by atoms with E-state index >= 15 is 0 Å². The molecule has 0 aliphatic carbocycles. The second kappa shape index (κ2) is 9.93. The maximum absolute atomic E-state index is 12.8. The molecule has 0 bridgehead atoms. The fourth-order valence-electron chi connectivity index (χ4n) is 3.42. The fourth-order valence-corrected chi connectivity index (χ4v) is 4.20. The highest BCUT2D eigenvalue weighted by molar-refractivity contribution is 7.14. The minimum Gasteiger partial charge on any atom is -0.378 e. The summed E-state index contributed by atoms with van der Waals surface area (Å²) < 4.78 is 5.36. The van der Waals surface area contributed by atoms with Gasteiger partial charge in [-0.25, -0.2) is 4.98 Å². The van der Waals surface area contributed by atoms with E-state index in [1.165, 1.54) is 16.9 Å². The molecule has 1 fully saturated rings. The van der Waals surface area contributed by atoms with Crippen LogP contribution in [0.2, 0.25) is 0 Å². The zero-order valence-corrected chi connectivity index (χ0v) is 18.9. The lowest BCUT2D eigenvalue weighted by molar-refractivity contribution is 0.102. The smallest absolute Gasteiger partial charge is 0.258 e. The molecule has 2 aromatic heterocycles. The van der Waals surface area contributed by atoms with Crippen LogP contribution in [0, 0.1) is 0 Å². The highest BCUT2D eigenvalue weighted by atomic mass is 32.1. The molecule has 3 heterocycles. The Kier molecular flexibility index (Phi) is 6.82. The maximum atomic E-state index is 12.8. The van der Waals surface area contributed by atoms with Gasteiger partial charge in [0.25, 0.3) is 11.8 Å². The summed E-state index contributed by atoms with van der Waals surface area (Å²) >= 11 is 1.31. The van der Waals surface area contributed by atoms with E-state index < -0.39 is 0 Å². The van der Waals surface area contributed by atoms with Gasteiger partial charge in [0, 0.05) is 18.7 Å². The van der Waals surface area contributed by atoms with Crippen molar-refractivity contribution in [2.24, 2.45) is 0 Å². The lowest BCUT2D eigenvalue weighted by atomic mass is 10.0. The number of ether oxygens (including phenoxy) is 1. The van der Waals surface area contributed by atoms with Crippen LogP contribution in [0.4, 0.5) is 16.5 Å². The number of thiophene rings is 1. The SMILES string of the molecule is CC(C)c1ccc(C(=O)Nc2sccc2C(=O)Nc2ccc(N3CCOCC3)nc2)cc1. The van der Waals surface area contributed by atoms with Crippen LogP contribution in [-0.4, -0.2) is 43.1 Å². The van der Waals surface area contributed by atoms with Crippen LogP contribution < -0.4 is 15.5 Å². The van der Waals surface area contributed by atoms with Crippen molar-refractivity contribution in [1.82, 2.24) is 4.98 Å². The number of hydrogen-bond acceptors (Lipinski definition) is 6. The van der Waals surface area contributed by atoms with Crippen molar-refractivity contribution < 1.29 is 14.3 Å². The molecule has 0 atom stereocenters. The molecule has 1 aliphatic heterocycles. The van der Waals surface area contributed by atoms with Gasteiger partial charge < -0.3 is 20.3 Å². The van der Waals surface area contributed by atoms with E-state index in [9.17, 15) is 9.59 Å². The van der Waals surface area contributed by atoms with E-state index in [-0.39, 0.29) is 11.8 Å². The molecule has 1 saturated heterocycles. The van der Waals surface area contributed by atoms with Crippen molar-refractivity contribution in [2.75, 3.05) is 41.8 Å². The van der Waals surface area contributed by atoms with E-state index in [1.54, 1.807) is 29.8 Å². The number of anilines is 3. The Morgan fingerprint density at radius 3 is 2.41 bits per heavy atom. The van der Waals surface area contributed by atoms with Crippen LogP contribution in [0.1, 0.15) is 46.0 Å². The number of nitrogens with zero attached hydrogens (tertiary/aromatic N) is 2. The van der Waals surface area contributed by atoms with Gasteiger partial charge in [-0.3, -0.25) is 9.59 Å². The van der Waals surface area contributed by atoms with Gasteiger partial charge in [0.1, 0.15) is 10.8 Å². The number of hydrogen-bond donors (Lipinski definition) is 2. The predicted octanol–water partition coefficient (Wildman–Crippen LogP) is 4.61. The van der Waals surface area contributed by atoms with Crippen LogP contribution in [-0.2, 0) is 4.74 Å². The van der Waals surface area contributed by atoms with Crippen LogP contribution in [0.25, 0.3) is 0 Å². The van der Waals surface area contributed by atoms with Gasteiger partial charge in [0.05, 0.1) is 30.7 Å². The first kappa shape index (κ1) is 22.0. The lowest BCUT2D eigenvalue weighted by Gasteiger charge is -2.27. The quantitative estimate of drug-likeness (QED) is 0.573. The number of aromatic nitrogens is 1. The maximum Gasteiger partial charge on any atom is 0.258 e. The molecular weight excluding hydrogens is 424 g/mol. The molecule has 2 N–H and O–H groups in total. The fraction of sp³-hybridized carbons (Fsp3) is 0.292. The number of nitrogens with one attached hydrogen (secondary N) is 2. The van der Waals surface area contributed by atoms with Gasteiger partial charge in [-0.15, -0.1) is 11.3 Å². The second-order valence-electron chi connectivity index (χ2n) is 7.85. The zero-order chi connectivity index (χ0) is 22.5. The molecule has 3 aromatic rings.